The maximum Gasteiger partial charge on any atom is 0.113 e. The van der Waals surface area contributed by atoms with Crippen LogP contribution in [0.5, 0.6) is 0 Å². The molecule has 5 atom stereocenters. The first kappa shape index (κ1) is 19.7. The Labute approximate surface area is 167 Å². The van der Waals surface area contributed by atoms with Crippen molar-refractivity contribution in [2.24, 2.45) is 0 Å². The first-order chi connectivity index (χ1) is 13.5. The molecule has 150 valence electrons. The largest absolute Gasteiger partial charge is 0.394 e. The van der Waals surface area contributed by atoms with Gasteiger partial charge in [0, 0.05) is 11.3 Å². The van der Waals surface area contributed by atoms with Crippen molar-refractivity contribution in [1.82, 2.24) is 4.98 Å². The summed E-state index contributed by atoms with van der Waals surface area (Å²) in [6.07, 6.45) is 1.27. The van der Waals surface area contributed by atoms with E-state index in [0.717, 1.165) is 34.7 Å². The molecule has 1 aliphatic heterocycles. The molecule has 4 N–H and O–H groups in total. The third-order valence-electron chi connectivity index (χ3n) is 5.52. The Morgan fingerprint density at radius 3 is 2.75 bits per heavy atom. The number of aliphatic hydroxyl groups is 4. The van der Waals surface area contributed by atoms with Crippen LogP contribution in [0.3, 0.4) is 0 Å². The normalized spacial score (nSPS) is 29.7. The highest BCUT2D eigenvalue weighted by atomic mass is 32.1. The van der Waals surface area contributed by atoms with Gasteiger partial charge in [-0.3, -0.25) is 0 Å². The fourth-order valence-electron chi connectivity index (χ4n) is 3.81. The maximum absolute atomic E-state index is 10.4. The van der Waals surface area contributed by atoms with Gasteiger partial charge in [-0.1, -0.05) is 24.3 Å². The molecule has 1 aliphatic carbocycles. The Morgan fingerprint density at radius 2 is 2.00 bits per heavy atom. The topological polar surface area (TPSA) is 103 Å². The summed E-state index contributed by atoms with van der Waals surface area (Å²) in [5.74, 6) is 0. The van der Waals surface area contributed by atoms with Gasteiger partial charge in [-0.2, -0.15) is 0 Å². The zero-order chi connectivity index (χ0) is 19.8. The lowest BCUT2D eigenvalue weighted by molar-refractivity contribution is -0.231. The van der Waals surface area contributed by atoms with Gasteiger partial charge in [0.05, 0.1) is 17.3 Å². The quantitative estimate of drug-likeness (QED) is 0.617. The number of aryl methyl sites for hydroxylation is 2. The van der Waals surface area contributed by atoms with E-state index in [9.17, 15) is 20.4 Å². The van der Waals surface area contributed by atoms with Crippen LogP contribution in [-0.2, 0) is 17.6 Å². The van der Waals surface area contributed by atoms with Crippen LogP contribution in [0.25, 0.3) is 6.08 Å². The van der Waals surface area contributed by atoms with Crippen LogP contribution >= 0.6 is 11.3 Å². The summed E-state index contributed by atoms with van der Waals surface area (Å²) in [6, 6.07) is 5.76. The van der Waals surface area contributed by atoms with E-state index in [-0.39, 0.29) is 0 Å². The molecule has 4 rings (SSSR count). The molecule has 0 amide bonds. The molecular formula is C21H25NO5S. The van der Waals surface area contributed by atoms with E-state index in [1.807, 2.05) is 25.1 Å². The number of hydrogen-bond acceptors (Lipinski definition) is 7. The number of aromatic nitrogens is 1. The summed E-state index contributed by atoms with van der Waals surface area (Å²) < 4.78 is 5.70. The Balaban J connectivity index is 1.60. The van der Waals surface area contributed by atoms with Crippen molar-refractivity contribution < 1.29 is 25.2 Å². The smallest absolute Gasteiger partial charge is 0.113 e. The van der Waals surface area contributed by atoms with Gasteiger partial charge in [-0.15, -0.1) is 11.3 Å². The van der Waals surface area contributed by atoms with Gasteiger partial charge in [0.15, 0.2) is 0 Å². The van der Waals surface area contributed by atoms with Crippen molar-refractivity contribution in [3.63, 3.8) is 0 Å². The molecular weight excluding hydrogens is 378 g/mol. The highest BCUT2D eigenvalue weighted by Crippen LogP contribution is 2.34. The van der Waals surface area contributed by atoms with Crippen molar-refractivity contribution >= 4 is 17.4 Å². The third kappa shape index (κ3) is 3.66. The highest BCUT2D eigenvalue weighted by molar-refractivity contribution is 7.11. The fraction of sp³-hybridized carbons (Fsp3) is 0.476. The van der Waals surface area contributed by atoms with Crippen molar-refractivity contribution in [1.29, 1.82) is 0 Å². The molecule has 1 aromatic carbocycles. The summed E-state index contributed by atoms with van der Waals surface area (Å²) in [4.78, 5) is 6.06. The van der Waals surface area contributed by atoms with Crippen LogP contribution in [0.15, 0.2) is 24.3 Å². The third-order valence-corrected chi connectivity index (χ3v) is 6.65. The van der Waals surface area contributed by atoms with Gasteiger partial charge in [0.1, 0.15) is 30.5 Å². The van der Waals surface area contributed by atoms with Crippen LogP contribution in [0.4, 0.5) is 0 Å². The van der Waals surface area contributed by atoms with Crippen molar-refractivity contribution in [3.05, 3.63) is 56.5 Å². The Kier molecular flexibility index (Phi) is 5.64. The van der Waals surface area contributed by atoms with Gasteiger partial charge in [-0.25, -0.2) is 4.98 Å². The van der Waals surface area contributed by atoms with Gasteiger partial charge in [0.2, 0.25) is 0 Å². The lowest BCUT2D eigenvalue weighted by Crippen LogP contribution is -2.55. The second-order valence-electron chi connectivity index (χ2n) is 7.47. The summed E-state index contributed by atoms with van der Waals surface area (Å²) in [7, 11) is 0. The molecule has 2 aromatic rings. The lowest BCUT2D eigenvalue weighted by Gasteiger charge is -2.40. The van der Waals surface area contributed by atoms with Gasteiger partial charge < -0.3 is 25.2 Å². The van der Waals surface area contributed by atoms with E-state index < -0.39 is 37.1 Å². The number of fused-ring (bicyclic) bond motifs is 1. The van der Waals surface area contributed by atoms with Crippen LogP contribution in [0.2, 0.25) is 0 Å². The Hall–Kier alpha value is -1.61. The summed E-state index contributed by atoms with van der Waals surface area (Å²) in [6.45, 7) is 1.60. The molecule has 0 saturated carbocycles. The number of ether oxygens (including phenoxy) is 1. The van der Waals surface area contributed by atoms with Crippen LogP contribution in [0.1, 0.15) is 44.8 Å². The van der Waals surface area contributed by atoms with Gasteiger partial charge in [0.25, 0.3) is 0 Å². The minimum atomic E-state index is -1.38. The second-order valence-corrected chi connectivity index (χ2v) is 8.64. The second kappa shape index (κ2) is 8.02. The first-order valence-corrected chi connectivity index (χ1v) is 10.3. The van der Waals surface area contributed by atoms with E-state index in [1.54, 1.807) is 11.3 Å². The maximum atomic E-state index is 10.4. The zero-order valence-electron chi connectivity index (χ0n) is 15.7. The molecule has 7 heteroatoms. The zero-order valence-corrected chi connectivity index (χ0v) is 16.5. The van der Waals surface area contributed by atoms with E-state index in [4.69, 9.17) is 9.72 Å². The molecule has 6 nitrogen and oxygen atoms in total. The Bertz CT molecular complexity index is 878. The molecule has 1 aromatic heterocycles. The minimum absolute atomic E-state index is 0.432. The van der Waals surface area contributed by atoms with Crippen LogP contribution in [0, 0.1) is 6.92 Å². The molecule has 0 bridgehead atoms. The van der Waals surface area contributed by atoms with Gasteiger partial charge >= 0.3 is 0 Å². The standard InChI is InChI=1S/C21H25NO5S/c1-11-6-7-12(21-20(26)19(25)18(24)15(10-23)27-21)8-13(11)9-17-22-14-4-2-3-5-16(14)28-17/h2,4,6-8,15,18-21,23-26H,3,5,9-10H2,1H3/t15?,18-,19?,20-,21?/m1/s1. The van der Waals surface area contributed by atoms with Crippen LogP contribution in [-0.4, -0.2) is 56.4 Å². The van der Waals surface area contributed by atoms with E-state index in [2.05, 4.69) is 12.2 Å². The van der Waals surface area contributed by atoms with Crippen molar-refractivity contribution in [3.8, 4) is 0 Å². The summed E-state index contributed by atoms with van der Waals surface area (Å²) in [5.41, 5.74) is 3.95. The average molecular weight is 404 g/mol. The number of rotatable bonds is 4. The number of thiazole rings is 1. The first-order valence-electron chi connectivity index (χ1n) is 9.53. The molecule has 2 aliphatic rings. The van der Waals surface area contributed by atoms with Crippen LogP contribution < -0.4 is 0 Å². The molecule has 0 spiro atoms. The van der Waals surface area contributed by atoms with Crippen molar-refractivity contribution in [2.45, 2.75) is 56.7 Å². The van der Waals surface area contributed by atoms with Crippen molar-refractivity contribution in [2.75, 3.05) is 6.61 Å². The molecule has 3 unspecified atom stereocenters. The van der Waals surface area contributed by atoms with E-state index >= 15 is 0 Å². The number of allylic oxidation sites excluding steroid dienone is 1. The summed E-state index contributed by atoms with van der Waals surface area (Å²) in [5, 5.41) is 40.9. The molecule has 1 saturated heterocycles. The predicted octanol–water partition coefficient (Wildman–Crippen LogP) is 1.52. The molecule has 0 radical (unpaired) electrons. The fourth-order valence-corrected chi connectivity index (χ4v) is 4.90. The lowest BCUT2D eigenvalue weighted by atomic mass is 9.89. The van der Waals surface area contributed by atoms with E-state index in [1.165, 1.54) is 4.88 Å². The average Bonchev–Trinajstić information content (AvgIpc) is 3.11. The monoisotopic (exact) mass is 403 g/mol. The van der Waals surface area contributed by atoms with Gasteiger partial charge in [-0.05, 0) is 42.5 Å². The minimum Gasteiger partial charge on any atom is -0.394 e. The number of benzene rings is 1. The predicted molar refractivity (Wildman–Crippen MR) is 106 cm³/mol. The SMILES string of the molecule is Cc1ccc(C2OC(CO)[C@@H](O)C(O)[C@H]2O)cc1Cc1nc2c(s1)CCC=C2. The Morgan fingerprint density at radius 1 is 1.18 bits per heavy atom. The number of nitrogens with zero attached hydrogens (tertiary/aromatic N) is 1. The molecule has 1 fully saturated rings. The summed E-state index contributed by atoms with van der Waals surface area (Å²) >= 11 is 1.74. The molecule has 2 heterocycles. The highest BCUT2D eigenvalue weighted by Gasteiger charge is 2.44. The number of hydrogen-bond donors (Lipinski definition) is 4. The van der Waals surface area contributed by atoms with E-state index in [0.29, 0.717) is 12.0 Å². The molecule has 28 heavy (non-hydrogen) atoms. The number of aliphatic hydroxyl groups excluding tert-OH is 4.